The summed E-state index contributed by atoms with van der Waals surface area (Å²) >= 11 is 0. The third kappa shape index (κ3) is 3.22. The Kier molecular flexibility index (Phi) is 4.36. The fourth-order valence-electron chi connectivity index (χ4n) is 2.97. The van der Waals surface area contributed by atoms with Crippen LogP contribution in [0.5, 0.6) is 0 Å². The van der Waals surface area contributed by atoms with Gasteiger partial charge >= 0.3 is 6.18 Å². The van der Waals surface area contributed by atoms with Gasteiger partial charge in [0.1, 0.15) is 0 Å². The molecule has 0 fully saturated rings. The molecule has 2 N–H and O–H groups in total. The number of carbonyl (C=O) groups excluding carboxylic acids is 1. The van der Waals surface area contributed by atoms with Crippen molar-refractivity contribution < 1.29 is 18.0 Å². The number of alkyl halides is 3. The third-order valence-corrected chi connectivity index (χ3v) is 4.48. The Morgan fingerprint density at radius 3 is 2.54 bits per heavy atom. The van der Waals surface area contributed by atoms with E-state index in [-0.39, 0.29) is 11.6 Å². The molecule has 0 spiro atoms. The molecule has 2 aromatic carbocycles. The lowest BCUT2D eigenvalue weighted by molar-refractivity contribution is -0.137. The van der Waals surface area contributed by atoms with Crippen molar-refractivity contribution in [2.24, 2.45) is 5.73 Å². The molecule has 0 aliphatic carbocycles. The molecule has 134 valence electrons. The summed E-state index contributed by atoms with van der Waals surface area (Å²) < 4.78 is 40.8. The van der Waals surface area contributed by atoms with Gasteiger partial charge in [-0.3, -0.25) is 4.79 Å². The monoisotopic (exact) mass is 358 g/mol. The van der Waals surface area contributed by atoms with E-state index in [0.717, 1.165) is 17.0 Å². The number of fused-ring (bicyclic) bond motifs is 1. The number of carbonyl (C=O) groups is 1. The first kappa shape index (κ1) is 17.8. The summed E-state index contributed by atoms with van der Waals surface area (Å²) in [5.41, 5.74) is 6.82. The maximum atomic E-state index is 13.0. The van der Waals surface area contributed by atoms with E-state index in [2.05, 4.69) is 6.58 Å². The Bertz CT molecular complexity index is 1000. The van der Waals surface area contributed by atoms with Gasteiger partial charge < -0.3 is 10.3 Å². The fourth-order valence-corrected chi connectivity index (χ4v) is 2.97. The molecule has 1 heterocycles. The van der Waals surface area contributed by atoms with E-state index in [4.69, 9.17) is 5.73 Å². The second-order valence-corrected chi connectivity index (χ2v) is 6.14. The summed E-state index contributed by atoms with van der Waals surface area (Å²) in [5, 5.41) is 0.851. The Labute approximate surface area is 148 Å². The second kappa shape index (κ2) is 6.37. The number of nitrogens with zero attached hydrogens (tertiary/aromatic N) is 1. The quantitative estimate of drug-likeness (QED) is 0.671. The van der Waals surface area contributed by atoms with Gasteiger partial charge in [-0.1, -0.05) is 24.8 Å². The lowest BCUT2D eigenvalue weighted by Gasteiger charge is -2.18. The molecule has 0 bridgehead atoms. The van der Waals surface area contributed by atoms with Crippen LogP contribution in [0.1, 0.15) is 29.7 Å². The molecule has 1 aromatic heterocycles. The van der Waals surface area contributed by atoms with Crippen molar-refractivity contribution in [3.63, 3.8) is 0 Å². The number of aromatic nitrogens is 1. The van der Waals surface area contributed by atoms with Crippen LogP contribution in [0.15, 0.2) is 61.3 Å². The van der Waals surface area contributed by atoms with Crippen LogP contribution in [0.3, 0.4) is 0 Å². The first-order valence-electron chi connectivity index (χ1n) is 7.95. The molecule has 6 heteroatoms. The van der Waals surface area contributed by atoms with E-state index in [1.165, 1.54) is 12.1 Å². The minimum Gasteiger partial charge on any atom is -0.366 e. The topological polar surface area (TPSA) is 48.0 Å². The molecular weight excluding hydrogens is 341 g/mol. The van der Waals surface area contributed by atoms with E-state index in [9.17, 15) is 18.0 Å². The van der Waals surface area contributed by atoms with Crippen molar-refractivity contribution >= 4 is 22.4 Å². The van der Waals surface area contributed by atoms with Gasteiger partial charge in [-0.2, -0.15) is 13.2 Å². The first-order valence-corrected chi connectivity index (χ1v) is 7.95. The van der Waals surface area contributed by atoms with Crippen molar-refractivity contribution in [1.82, 2.24) is 4.57 Å². The SMILES string of the molecule is C=C(C(N)=O)c1ccc2c(ccn2C(C)c2cccc(C(F)(F)F)c2)c1. The van der Waals surface area contributed by atoms with E-state index in [1.54, 1.807) is 18.2 Å². The van der Waals surface area contributed by atoms with Gasteiger partial charge in [0.2, 0.25) is 5.91 Å². The van der Waals surface area contributed by atoms with E-state index >= 15 is 0 Å². The predicted octanol–water partition coefficient (Wildman–Crippen LogP) is 4.77. The molecule has 0 aliphatic rings. The van der Waals surface area contributed by atoms with Crippen molar-refractivity contribution in [3.05, 3.63) is 78.0 Å². The van der Waals surface area contributed by atoms with Gasteiger partial charge in [-0.15, -0.1) is 0 Å². The maximum absolute atomic E-state index is 13.0. The zero-order valence-electron chi connectivity index (χ0n) is 14.0. The largest absolute Gasteiger partial charge is 0.416 e. The molecule has 0 saturated heterocycles. The molecular formula is C20H17F3N2O. The summed E-state index contributed by atoms with van der Waals surface area (Å²) in [5.74, 6) is -0.596. The lowest BCUT2D eigenvalue weighted by Crippen LogP contribution is -2.12. The average Bonchev–Trinajstić information content (AvgIpc) is 3.02. The van der Waals surface area contributed by atoms with Crippen LogP contribution >= 0.6 is 0 Å². The molecule has 0 aliphatic heterocycles. The number of nitrogens with two attached hydrogens (primary N) is 1. The highest BCUT2D eigenvalue weighted by atomic mass is 19.4. The molecule has 1 unspecified atom stereocenters. The Morgan fingerprint density at radius 1 is 1.15 bits per heavy atom. The average molecular weight is 358 g/mol. The van der Waals surface area contributed by atoms with Crippen LogP contribution in [0, 0.1) is 0 Å². The van der Waals surface area contributed by atoms with E-state index < -0.39 is 17.6 Å². The standard InChI is InChI=1S/C20H17F3N2O/c1-12(19(24)26)14-6-7-18-16(10-14)8-9-25(18)13(2)15-4-3-5-17(11-15)20(21,22)23/h3-11,13H,1H2,2H3,(H2,24,26). The minimum absolute atomic E-state index is 0.213. The summed E-state index contributed by atoms with van der Waals surface area (Å²) in [6, 6.07) is 12.2. The zero-order valence-corrected chi connectivity index (χ0v) is 14.0. The molecule has 0 saturated carbocycles. The van der Waals surface area contributed by atoms with Crippen molar-refractivity contribution in [2.45, 2.75) is 19.1 Å². The Hall–Kier alpha value is -3.02. The van der Waals surface area contributed by atoms with Gasteiger partial charge in [-0.05, 0) is 48.4 Å². The third-order valence-electron chi connectivity index (χ3n) is 4.48. The highest BCUT2D eigenvalue weighted by molar-refractivity contribution is 6.18. The summed E-state index contributed by atoms with van der Waals surface area (Å²) in [7, 11) is 0. The highest BCUT2D eigenvalue weighted by Gasteiger charge is 2.30. The summed E-state index contributed by atoms with van der Waals surface area (Å²) in [4.78, 5) is 11.3. The van der Waals surface area contributed by atoms with Crippen LogP contribution in [-0.4, -0.2) is 10.5 Å². The van der Waals surface area contributed by atoms with Crippen LogP contribution in [0.2, 0.25) is 0 Å². The van der Waals surface area contributed by atoms with E-state index in [1.807, 2.05) is 29.8 Å². The molecule has 0 radical (unpaired) electrons. The fraction of sp³-hybridized carbons (Fsp3) is 0.150. The Balaban J connectivity index is 2.01. The van der Waals surface area contributed by atoms with Crippen molar-refractivity contribution in [3.8, 4) is 0 Å². The molecule has 3 aromatic rings. The smallest absolute Gasteiger partial charge is 0.366 e. The number of primary amides is 1. The number of rotatable bonds is 4. The zero-order chi connectivity index (χ0) is 19.1. The normalized spacial score (nSPS) is 12.9. The van der Waals surface area contributed by atoms with Gasteiger partial charge in [0.15, 0.2) is 0 Å². The molecule has 1 atom stereocenters. The molecule has 26 heavy (non-hydrogen) atoms. The minimum atomic E-state index is -4.38. The summed E-state index contributed by atoms with van der Waals surface area (Å²) in [6.45, 7) is 5.50. The van der Waals surface area contributed by atoms with E-state index in [0.29, 0.717) is 11.1 Å². The number of hydrogen-bond donors (Lipinski definition) is 1. The van der Waals surface area contributed by atoms with Gasteiger partial charge in [0, 0.05) is 22.7 Å². The van der Waals surface area contributed by atoms with Crippen molar-refractivity contribution in [2.75, 3.05) is 0 Å². The number of halogens is 3. The van der Waals surface area contributed by atoms with Gasteiger partial charge in [-0.25, -0.2) is 0 Å². The predicted molar refractivity (Wildman–Crippen MR) is 95.4 cm³/mol. The molecule has 3 rings (SSSR count). The highest BCUT2D eigenvalue weighted by Crippen LogP contribution is 2.32. The maximum Gasteiger partial charge on any atom is 0.416 e. The molecule has 1 amide bonds. The molecule has 3 nitrogen and oxygen atoms in total. The van der Waals surface area contributed by atoms with Crippen molar-refractivity contribution in [1.29, 1.82) is 0 Å². The van der Waals surface area contributed by atoms with Gasteiger partial charge in [0.25, 0.3) is 0 Å². The van der Waals surface area contributed by atoms with Crippen LogP contribution in [0.25, 0.3) is 16.5 Å². The second-order valence-electron chi connectivity index (χ2n) is 6.14. The lowest BCUT2D eigenvalue weighted by atomic mass is 10.0. The Morgan fingerprint density at radius 2 is 1.88 bits per heavy atom. The first-order chi connectivity index (χ1) is 12.2. The van der Waals surface area contributed by atoms with Crippen LogP contribution in [-0.2, 0) is 11.0 Å². The number of hydrogen-bond acceptors (Lipinski definition) is 1. The number of amides is 1. The number of benzene rings is 2. The van der Waals surface area contributed by atoms with Crippen LogP contribution in [0.4, 0.5) is 13.2 Å². The van der Waals surface area contributed by atoms with Gasteiger partial charge in [0.05, 0.1) is 11.6 Å². The van der Waals surface area contributed by atoms with Crippen LogP contribution < -0.4 is 5.73 Å². The summed E-state index contributed by atoms with van der Waals surface area (Å²) in [6.07, 6.45) is -2.56.